The first-order chi connectivity index (χ1) is 8.19. The third-order valence-corrected chi connectivity index (χ3v) is 4.47. The fraction of sp³-hybridized carbons (Fsp3) is 0.167. The van der Waals surface area contributed by atoms with Crippen molar-refractivity contribution in [2.75, 3.05) is 6.54 Å². The van der Waals surface area contributed by atoms with Gasteiger partial charge in [0.15, 0.2) is 0 Å². The highest BCUT2D eigenvalue weighted by Crippen LogP contribution is 2.29. The van der Waals surface area contributed by atoms with Crippen LogP contribution in [0.3, 0.4) is 0 Å². The SMILES string of the molecule is NCC(Oc1cccc(Br)c1)c1cc(Br)cs1. The maximum absolute atomic E-state index is 5.88. The van der Waals surface area contributed by atoms with Crippen LogP contribution in [-0.4, -0.2) is 6.54 Å². The normalized spacial score (nSPS) is 12.4. The van der Waals surface area contributed by atoms with Crippen LogP contribution in [0.25, 0.3) is 0 Å². The molecule has 1 aromatic heterocycles. The summed E-state index contributed by atoms with van der Waals surface area (Å²) in [6, 6.07) is 9.81. The average Bonchev–Trinajstić information content (AvgIpc) is 2.73. The molecular weight excluding hydrogens is 366 g/mol. The molecule has 2 nitrogen and oxygen atoms in total. The number of nitrogens with two attached hydrogens (primary N) is 1. The highest BCUT2D eigenvalue weighted by Gasteiger charge is 2.13. The molecule has 0 bridgehead atoms. The smallest absolute Gasteiger partial charge is 0.145 e. The van der Waals surface area contributed by atoms with Crippen LogP contribution < -0.4 is 10.5 Å². The Labute approximate surface area is 121 Å². The number of thiophene rings is 1. The lowest BCUT2D eigenvalue weighted by atomic mass is 10.3. The molecule has 0 radical (unpaired) electrons. The Morgan fingerprint density at radius 3 is 2.65 bits per heavy atom. The van der Waals surface area contributed by atoms with E-state index >= 15 is 0 Å². The molecule has 0 saturated carbocycles. The summed E-state index contributed by atoms with van der Waals surface area (Å²) in [5.74, 6) is 0.819. The number of halogens is 2. The molecule has 0 amide bonds. The van der Waals surface area contributed by atoms with E-state index in [1.54, 1.807) is 11.3 Å². The molecule has 0 fully saturated rings. The summed E-state index contributed by atoms with van der Waals surface area (Å²) in [6.45, 7) is 0.458. The Morgan fingerprint density at radius 2 is 2.06 bits per heavy atom. The van der Waals surface area contributed by atoms with E-state index in [2.05, 4.69) is 31.9 Å². The minimum atomic E-state index is -0.0967. The summed E-state index contributed by atoms with van der Waals surface area (Å²) >= 11 is 8.49. The van der Waals surface area contributed by atoms with Gasteiger partial charge in [0.2, 0.25) is 0 Å². The van der Waals surface area contributed by atoms with Gasteiger partial charge in [0.1, 0.15) is 11.9 Å². The summed E-state index contributed by atoms with van der Waals surface area (Å²) in [7, 11) is 0. The van der Waals surface area contributed by atoms with E-state index in [1.165, 1.54) is 0 Å². The van der Waals surface area contributed by atoms with Crippen LogP contribution >= 0.6 is 43.2 Å². The highest BCUT2D eigenvalue weighted by molar-refractivity contribution is 9.10. The lowest BCUT2D eigenvalue weighted by molar-refractivity contribution is 0.218. The molecular formula is C12H11Br2NOS. The molecule has 90 valence electrons. The molecule has 5 heteroatoms. The van der Waals surface area contributed by atoms with E-state index in [0.717, 1.165) is 19.6 Å². The van der Waals surface area contributed by atoms with Gasteiger partial charge >= 0.3 is 0 Å². The van der Waals surface area contributed by atoms with Gasteiger partial charge in [-0.25, -0.2) is 0 Å². The summed E-state index contributed by atoms with van der Waals surface area (Å²) in [4.78, 5) is 1.12. The maximum Gasteiger partial charge on any atom is 0.145 e. The van der Waals surface area contributed by atoms with E-state index in [0.29, 0.717) is 6.54 Å². The van der Waals surface area contributed by atoms with E-state index < -0.39 is 0 Å². The van der Waals surface area contributed by atoms with Crippen LogP contribution in [0.4, 0.5) is 0 Å². The van der Waals surface area contributed by atoms with Gasteiger partial charge in [0.25, 0.3) is 0 Å². The quantitative estimate of drug-likeness (QED) is 0.860. The number of benzene rings is 1. The van der Waals surface area contributed by atoms with Gasteiger partial charge in [0.05, 0.1) is 0 Å². The van der Waals surface area contributed by atoms with Crippen molar-refractivity contribution in [2.45, 2.75) is 6.10 Å². The van der Waals surface area contributed by atoms with Crippen molar-refractivity contribution < 1.29 is 4.74 Å². The summed E-state index contributed by atoms with van der Waals surface area (Å²) in [5, 5.41) is 2.03. The predicted molar refractivity (Wildman–Crippen MR) is 78.6 cm³/mol. The molecule has 2 N–H and O–H groups in total. The Hall–Kier alpha value is -0.360. The van der Waals surface area contributed by atoms with Gasteiger partial charge in [-0.2, -0.15) is 0 Å². The van der Waals surface area contributed by atoms with Crippen LogP contribution in [0, 0.1) is 0 Å². The predicted octanol–water partition coefficient (Wildman–Crippen LogP) is 4.35. The standard InChI is InChI=1S/C12H11Br2NOS/c13-8-2-1-3-10(4-8)16-11(6-15)12-5-9(14)7-17-12/h1-5,7,11H,6,15H2. The van der Waals surface area contributed by atoms with E-state index in [-0.39, 0.29) is 6.10 Å². The molecule has 1 heterocycles. The van der Waals surface area contributed by atoms with Crippen molar-refractivity contribution in [3.05, 3.63) is 49.5 Å². The molecule has 0 aliphatic rings. The van der Waals surface area contributed by atoms with Gasteiger partial charge in [-0.15, -0.1) is 11.3 Å². The number of ether oxygens (including phenoxy) is 1. The second-order valence-corrected chi connectivity index (χ2v) is 6.24. The first-order valence-corrected chi connectivity index (χ1v) is 7.52. The van der Waals surface area contributed by atoms with Crippen molar-refractivity contribution in [3.8, 4) is 5.75 Å². The van der Waals surface area contributed by atoms with Crippen LogP contribution in [0.2, 0.25) is 0 Å². The zero-order valence-electron chi connectivity index (χ0n) is 8.90. The fourth-order valence-corrected chi connectivity index (χ4v) is 3.29. The van der Waals surface area contributed by atoms with Crippen LogP contribution in [0.1, 0.15) is 11.0 Å². The molecule has 0 aliphatic carbocycles. The zero-order chi connectivity index (χ0) is 12.3. The minimum Gasteiger partial charge on any atom is -0.484 e. The van der Waals surface area contributed by atoms with E-state index in [4.69, 9.17) is 10.5 Å². The monoisotopic (exact) mass is 375 g/mol. The van der Waals surface area contributed by atoms with Gasteiger partial charge in [0, 0.05) is 25.7 Å². The first-order valence-electron chi connectivity index (χ1n) is 5.05. The molecule has 2 aromatic rings. The minimum absolute atomic E-state index is 0.0967. The van der Waals surface area contributed by atoms with Gasteiger partial charge < -0.3 is 10.5 Å². The van der Waals surface area contributed by atoms with Crippen LogP contribution in [-0.2, 0) is 0 Å². The lowest BCUT2D eigenvalue weighted by Crippen LogP contribution is -2.17. The zero-order valence-corrected chi connectivity index (χ0v) is 12.9. The van der Waals surface area contributed by atoms with Crippen molar-refractivity contribution >= 4 is 43.2 Å². The average molecular weight is 377 g/mol. The third kappa shape index (κ3) is 3.55. The molecule has 1 aromatic carbocycles. The molecule has 1 atom stereocenters. The third-order valence-electron chi connectivity index (χ3n) is 2.19. The van der Waals surface area contributed by atoms with Gasteiger partial charge in [-0.1, -0.05) is 22.0 Å². The lowest BCUT2D eigenvalue weighted by Gasteiger charge is -2.16. The van der Waals surface area contributed by atoms with Crippen LogP contribution in [0.15, 0.2) is 44.7 Å². The maximum atomic E-state index is 5.88. The van der Waals surface area contributed by atoms with Crippen molar-refractivity contribution in [3.63, 3.8) is 0 Å². The van der Waals surface area contributed by atoms with Crippen molar-refractivity contribution in [2.24, 2.45) is 5.73 Å². The Balaban J connectivity index is 2.15. The van der Waals surface area contributed by atoms with E-state index in [9.17, 15) is 0 Å². The fourth-order valence-electron chi connectivity index (χ4n) is 1.42. The molecule has 1 unspecified atom stereocenters. The molecule has 17 heavy (non-hydrogen) atoms. The largest absolute Gasteiger partial charge is 0.484 e. The summed E-state index contributed by atoms with van der Waals surface area (Å²) in [5.41, 5.74) is 5.75. The number of hydrogen-bond donors (Lipinski definition) is 1. The van der Waals surface area contributed by atoms with Crippen LogP contribution in [0.5, 0.6) is 5.75 Å². The number of hydrogen-bond acceptors (Lipinski definition) is 3. The molecule has 0 saturated heterocycles. The molecule has 0 spiro atoms. The summed E-state index contributed by atoms with van der Waals surface area (Å²) < 4.78 is 7.94. The Morgan fingerprint density at radius 1 is 1.24 bits per heavy atom. The topological polar surface area (TPSA) is 35.2 Å². The van der Waals surface area contributed by atoms with Crippen molar-refractivity contribution in [1.29, 1.82) is 0 Å². The highest BCUT2D eigenvalue weighted by atomic mass is 79.9. The second kappa shape index (κ2) is 6.00. The van der Waals surface area contributed by atoms with Gasteiger partial charge in [-0.05, 0) is 40.2 Å². The van der Waals surface area contributed by atoms with Gasteiger partial charge in [-0.3, -0.25) is 0 Å². The molecule has 0 aliphatic heterocycles. The molecule has 2 rings (SSSR count). The summed E-state index contributed by atoms with van der Waals surface area (Å²) in [6.07, 6.45) is -0.0967. The first kappa shape index (κ1) is 13.1. The Kier molecular flexibility index (Phi) is 4.62. The second-order valence-electron chi connectivity index (χ2n) is 3.47. The van der Waals surface area contributed by atoms with E-state index in [1.807, 2.05) is 35.7 Å². The number of rotatable bonds is 4. The van der Waals surface area contributed by atoms with Crippen molar-refractivity contribution in [1.82, 2.24) is 0 Å². The Bertz CT molecular complexity index is 501.